The molecule has 6 nitrogen and oxygen atoms in total. The molecule has 0 bridgehead atoms. The van der Waals surface area contributed by atoms with Gasteiger partial charge in [0.2, 0.25) is 5.91 Å². The minimum atomic E-state index is -0.472. The summed E-state index contributed by atoms with van der Waals surface area (Å²) in [6.45, 7) is 4.00. The van der Waals surface area contributed by atoms with E-state index in [9.17, 15) is 9.59 Å². The van der Waals surface area contributed by atoms with Crippen molar-refractivity contribution in [1.29, 1.82) is 0 Å². The van der Waals surface area contributed by atoms with E-state index >= 15 is 0 Å². The summed E-state index contributed by atoms with van der Waals surface area (Å²) in [6, 6.07) is 6.16. The molecule has 1 aromatic carbocycles. The predicted octanol–water partition coefficient (Wildman–Crippen LogP) is 1.87. The maximum atomic E-state index is 11.7. The number of amides is 1. The van der Waals surface area contributed by atoms with Gasteiger partial charge < -0.3 is 10.1 Å². The van der Waals surface area contributed by atoms with Crippen molar-refractivity contribution in [2.45, 2.75) is 19.0 Å². The molecule has 2 rings (SSSR count). The number of benzene rings is 1. The molecular formula is C16H19N3O3S. The summed E-state index contributed by atoms with van der Waals surface area (Å²) in [5, 5.41) is 3.22. The summed E-state index contributed by atoms with van der Waals surface area (Å²) in [6.07, 6.45) is 3.56. The second-order valence-electron chi connectivity index (χ2n) is 4.99. The maximum Gasteiger partial charge on any atom is 0.325 e. The third kappa shape index (κ3) is 4.59. The number of rotatable bonds is 6. The standard InChI is InChI=1S/C16H19N3O3S/c1-11-4-5-13(8-12(11)2)19-7-6-17-16(19)23-10-14(20)18-9-15(21)22-3/h4-8H,9-10H2,1-3H3,(H,18,20). The minimum absolute atomic E-state index is 0.124. The molecule has 2 aromatic rings. The second kappa shape index (κ2) is 7.82. The lowest BCUT2D eigenvalue weighted by atomic mass is 10.1. The molecule has 0 fully saturated rings. The molecule has 0 aliphatic rings. The van der Waals surface area contributed by atoms with Crippen LogP contribution in [-0.4, -0.2) is 40.8 Å². The Labute approximate surface area is 139 Å². The Morgan fingerprint density at radius 2 is 2.09 bits per heavy atom. The van der Waals surface area contributed by atoms with Crippen LogP contribution in [-0.2, 0) is 14.3 Å². The van der Waals surface area contributed by atoms with E-state index in [-0.39, 0.29) is 18.2 Å². The van der Waals surface area contributed by atoms with Gasteiger partial charge in [-0.1, -0.05) is 17.8 Å². The average Bonchev–Trinajstić information content (AvgIpc) is 3.01. The van der Waals surface area contributed by atoms with Crippen LogP contribution in [0, 0.1) is 13.8 Å². The van der Waals surface area contributed by atoms with Gasteiger partial charge in [-0.2, -0.15) is 0 Å². The van der Waals surface area contributed by atoms with E-state index in [4.69, 9.17) is 0 Å². The van der Waals surface area contributed by atoms with E-state index in [0.717, 1.165) is 10.8 Å². The number of methoxy groups -OCH3 is 1. The van der Waals surface area contributed by atoms with Gasteiger partial charge in [-0.3, -0.25) is 14.2 Å². The molecule has 0 aliphatic carbocycles. The number of ether oxygens (including phenoxy) is 1. The van der Waals surface area contributed by atoms with E-state index in [1.54, 1.807) is 6.20 Å². The Bertz CT molecular complexity index is 712. The molecular weight excluding hydrogens is 314 g/mol. The average molecular weight is 333 g/mol. The van der Waals surface area contributed by atoms with E-state index in [1.165, 1.54) is 30.0 Å². The molecule has 0 saturated carbocycles. The van der Waals surface area contributed by atoms with Crippen LogP contribution in [0.4, 0.5) is 0 Å². The van der Waals surface area contributed by atoms with Crippen molar-refractivity contribution in [2.75, 3.05) is 19.4 Å². The van der Waals surface area contributed by atoms with Gasteiger partial charge in [-0.05, 0) is 37.1 Å². The molecule has 1 amide bonds. The summed E-state index contributed by atoms with van der Waals surface area (Å²) in [4.78, 5) is 27.0. The van der Waals surface area contributed by atoms with Crippen molar-refractivity contribution in [1.82, 2.24) is 14.9 Å². The summed E-state index contributed by atoms with van der Waals surface area (Å²) in [5.74, 6) is -0.534. The molecule has 0 aliphatic heterocycles. The van der Waals surface area contributed by atoms with Crippen molar-refractivity contribution in [2.24, 2.45) is 0 Å². The number of hydrogen-bond acceptors (Lipinski definition) is 5. The highest BCUT2D eigenvalue weighted by molar-refractivity contribution is 7.99. The van der Waals surface area contributed by atoms with Crippen LogP contribution >= 0.6 is 11.8 Å². The Kier molecular flexibility index (Phi) is 5.81. The van der Waals surface area contributed by atoms with Gasteiger partial charge in [0.1, 0.15) is 6.54 Å². The SMILES string of the molecule is COC(=O)CNC(=O)CSc1nccn1-c1ccc(C)c(C)c1. The van der Waals surface area contributed by atoms with Gasteiger partial charge in [0.15, 0.2) is 5.16 Å². The molecule has 0 atom stereocenters. The molecule has 1 heterocycles. The Balaban J connectivity index is 2.00. The zero-order valence-electron chi connectivity index (χ0n) is 13.3. The zero-order chi connectivity index (χ0) is 16.8. The normalized spacial score (nSPS) is 10.4. The molecule has 0 unspecified atom stereocenters. The molecule has 23 heavy (non-hydrogen) atoms. The Hall–Kier alpha value is -2.28. The van der Waals surface area contributed by atoms with E-state index in [0.29, 0.717) is 0 Å². The fraction of sp³-hybridized carbons (Fsp3) is 0.312. The number of carbonyl (C=O) groups is 2. The second-order valence-corrected chi connectivity index (χ2v) is 5.93. The van der Waals surface area contributed by atoms with Gasteiger partial charge >= 0.3 is 5.97 Å². The van der Waals surface area contributed by atoms with Crippen molar-refractivity contribution in [3.8, 4) is 5.69 Å². The number of aryl methyl sites for hydroxylation is 2. The lowest BCUT2D eigenvalue weighted by Gasteiger charge is -2.09. The van der Waals surface area contributed by atoms with E-state index in [2.05, 4.69) is 41.0 Å². The number of esters is 1. The highest BCUT2D eigenvalue weighted by Crippen LogP contribution is 2.21. The highest BCUT2D eigenvalue weighted by atomic mass is 32.2. The summed E-state index contributed by atoms with van der Waals surface area (Å²) >= 11 is 1.31. The summed E-state index contributed by atoms with van der Waals surface area (Å²) in [5.41, 5.74) is 3.43. The fourth-order valence-electron chi connectivity index (χ4n) is 1.89. The van der Waals surface area contributed by atoms with Crippen molar-refractivity contribution >= 4 is 23.6 Å². The first kappa shape index (κ1) is 17.1. The number of carbonyl (C=O) groups excluding carboxylic acids is 2. The lowest BCUT2D eigenvalue weighted by Crippen LogP contribution is -2.31. The first-order chi connectivity index (χ1) is 11.0. The topological polar surface area (TPSA) is 73.2 Å². The third-order valence-electron chi connectivity index (χ3n) is 3.37. The van der Waals surface area contributed by atoms with Crippen LogP contribution in [0.1, 0.15) is 11.1 Å². The van der Waals surface area contributed by atoms with Gasteiger partial charge in [0.05, 0.1) is 12.9 Å². The molecule has 7 heteroatoms. The molecule has 1 N–H and O–H groups in total. The minimum Gasteiger partial charge on any atom is -0.468 e. The number of nitrogens with one attached hydrogen (secondary N) is 1. The van der Waals surface area contributed by atoms with E-state index in [1.807, 2.05) is 16.8 Å². The number of aromatic nitrogens is 2. The highest BCUT2D eigenvalue weighted by Gasteiger charge is 2.10. The Morgan fingerprint density at radius 1 is 1.30 bits per heavy atom. The van der Waals surface area contributed by atoms with Gasteiger partial charge in [0, 0.05) is 18.1 Å². The number of hydrogen-bond donors (Lipinski definition) is 1. The molecule has 0 saturated heterocycles. The monoisotopic (exact) mass is 333 g/mol. The van der Waals surface area contributed by atoms with Crippen LogP contribution in [0.25, 0.3) is 5.69 Å². The van der Waals surface area contributed by atoms with Gasteiger partial charge in [0.25, 0.3) is 0 Å². The molecule has 0 spiro atoms. The van der Waals surface area contributed by atoms with Crippen LogP contribution in [0.3, 0.4) is 0 Å². The van der Waals surface area contributed by atoms with Crippen LogP contribution < -0.4 is 5.32 Å². The zero-order valence-corrected chi connectivity index (χ0v) is 14.1. The number of thioether (sulfide) groups is 1. The molecule has 1 aromatic heterocycles. The van der Waals surface area contributed by atoms with Gasteiger partial charge in [-0.25, -0.2) is 4.98 Å². The maximum absolute atomic E-state index is 11.7. The first-order valence-electron chi connectivity index (χ1n) is 7.08. The molecule has 0 radical (unpaired) electrons. The van der Waals surface area contributed by atoms with Crippen molar-refractivity contribution < 1.29 is 14.3 Å². The van der Waals surface area contributed by atoms with Crippen LogP contribution in [0.5, 0.6) is 0 Å². The smallest absolute Gasteiger partial charge is 0.325 e. The number of nitrogens with zero attached hydrogens (tertiary/aromatic N) is 2. The Morgan fingerprint density at radius 3 is 2.78 bits per heavy atom. The quantitative estimate of drug-likeness (QED) is 0.645. The fourth-order valence-corrected chi connectivity index (χ4v) is 2.70. The van der Waals surface area contributed by atoms with Crippen molar-refractivity contribution in [3.63, 3.8) is 0 Å². The lowest BCUT2D eigenvalue weighted by molar-refractivity contribution is -0.140. The third-order valence-corrected chi connectivity index (χ3v) is 4.33. The van der Waals surface area contributed by atoms with E-state index < -0.39 is 5.97 Å². The van der Waals surface area contributed by atoms with Crippen LogP contribution in [0.15, 0.2) is 35.7 Å². The van der Waals surface area contributed by atoms with Crippen molar-refractivity contribution in [3.05, 3.63) is 41.7 Å². The summed E-state index contributed by atoms with van der Waals surface area (Å²) in [7, 11) is 1.28. The number of imidazole rings is 1. The van der Waals surface area contributed by atoms with Crippen LogP contribution in [0.2, 0.25) is 0 Å². The van der Waals surface area contributed by atoms with Gasteiger partial charge in [-0.15, -0.1) is 0 Å². The predicted molar refractivity (Wildman–Crippen MR) is 88.8 cm³/mol. The largest absolute Gasteiger partial charge is 0.468 e. The summed E-state index contributed by atoms with van der Waals surface area (Å²) < 4.78 is 6.41. The first-order valence-corrected chi connectivity index (χ1v) is 8.07. The molecule has 122 valence electrons.